The third-order valence-corrected chi connectivity index (χ3v) is 6.93. The van der Waals surface area contributed by atoms with Crippen molar-refractivity contribution in [1.82, 2.24) is 5.32 Å². The molecule has 1 N–H and O–H groups in total. The first-order valence-electron chi connectivity index (χ1n) is 9.83. The van der Waals surface area contributed by atoms with E-state index in [9.17, 15) is 18.0 Å². The van der Waals surface area contributed by atoms with E-state index in [2.05, 4.69) is 12.2 Å². The van der Waals surface area contributed by atoms with Gasteiger partial charge in [0, 0.05) is 6.04 Å². The number of hydrogen-bond acceptors (Lipinski definition) is 2. The summed E-state index contributed by atoms with van der Waals surface area (Å²) in [6.45, 7) is 1.92. The molecule has 1 amide bonds. The molecule has 4 saturated carbocycles. The number of halogens is 3. The van der Waals surface area contributed by atoms with Crippen LogP contribution in [0.3, 0.4) is 0 Å². The molecule has 4 fully saturated rings. The molecule has 0 saturated heterocycles. The SMILES string of the molecule is C[C@@H](NC(=O)COc1ccc(C(F)(F)F)cc1)C12CC3CC(CC(C3)C1)C2. The van der Waals surface area contributed by atoms with E-state index < -0.39 is 11.7 Å². The van der Waals surface area contributed by atoms with Gasteiger partial charge in [0.25, 0.3) is 5.91 Å². The van der Waals surface area contributed by atoms with Gasteiger partial charge in [-0.25, -0.2) is 0 Å². The Balaban J connectivity index is 1.31. The largest absolute Gasteiger partial charge is 0.484 e. The van der Waals surface area contributed by atoms with E-state index in [1.807, 2.05) is 0 Å². The fraction of sp³-hybridized carbons (Fsp3) is 0.667. The van der Waals surface area contributed by atoms with E-state index in [4.69, 9.17) is 4.74 Å². The van der Waals surface area contributed by atoms with Gasteiger partial charge in [0.1, 0.15) is 5.75 Å². The zero-order valence-electron chi connectivity index (χ0n) is 15.5. The number of rotatable bonds is 5. The second kappa shape index (κ2) is 6.71. The Labute approximate surface area is 157 Å². The van der Waals surface area contributed by atoms with Gasteiger partial charge in [-0.05, 0) is 92.9 Å². The van der Waals surface area contributed by atoms with Gasteiger partial charge in [0.05, 0.1) is 5.56 Å². The van der Waals surface area contributed by atoms with Gasteiger partial charge in [-0.3, -0.25) is 4.79 Å². The third-order valence-electron chi connectivity index (χ3n) is 6.93. The molecule has 0 aromatic heterocycles. The average Bonchev–Trinajstić information content (AvgIpc) is 2.58. The highest BCUT2D eigenvalue weighted by atomic mass is 19.4. The first kappa shape index (κ1) is 18.6. The smallest absolute Gasteiger partial charge is 0.416 e. The van der Waals surface area contributed by atoms with Crippen molar-refractivity contribution in [3.63, 3.8) is 0 Å². The Morgan fingerprint density at radius 3 is 2.11 bits per heavy atom. The maximum absolute atomic E-state index is 12.6. The van der Waals surface area contributed by atoms with Gasteiger partial charge < -0.3 is 10.1 Å². The predicted molar refractivity (Wildman–Crippen MR) is 95.1 cm³/mol. The molecule has 5 rings (SSSR count). The zero-order valence-corrected chi connectivity index (χ0v) is 15.5. The number of nitrogens with one attached hydrogen (secondary N) is 1. The maximum Gasteiger partial charge on any atom is 0.416 e. The summed E-state index contributed by atoms with van der Waals surface area (Å²) in [6.07, 6.45) is 3.33. The fourth-order valence-corrected chi connectivity index (χ4v) is 6.03. The molecule has 4 aliphatic rings. The van der Waals surface area contributed by atoms with Crippen LogP contribution >= 0.6 is 0 Å². The summed E-state index contributed by atoms with van der Waals surface area (Å²) in [5, 5.41) is 3.10. The summed E-state index contributed by atoms with van der Waals surface area (Å²) >= 11 is 0. The van der Waals surface area contributed by atoms with E-state index in [1.165, 1.54) is 50.7 Å². The minimum absolute atomic E-state index is 0.106. The van der Waals surface area contributed by atoms with Crippen molar-refractivity contribution in [2.45, 2.75) is 57.7 Å². The average molecular weight is 381 g/mol. The summed E-state index contributed by atoms with van der Waals surface area (Å²) in [5.74, 6) is 2.51. The van der Waals surface area contributed by atoms with Gasteiger partial charge >= 0.3 is 6.18 Å². The topological polar surface area (TPSA) is 38.3 Å². The van der Waals surface area contributed by atoms with Gasteiger partial charge in [0.2, 0.25) is 0 Å². The molecule has 1 atom stereocenters. The van der Waals surface area contributed by atoms with Crippen LogP contribution in [0, 0.1) is 23.2 Å². The second-order valence-corrected chi connectivity index (χ2v) is 8.88. The van der Waals surface area contributed by atoms with Crippen molar-refractivity contribution in [2.24, 2.45) is 23.2 Å². The fourth-order valence-electron chi connectivity index (χ4n) is 6.03. The molecule has 148 valence electrons. The predicted octanol–water partition coefficient (Wildman–Crippen LogP) is 4.81. The number of benzene rings is 1. The van der Waals surface area contributed by atoms with Crippen molar-refractivity contribution < 1.29 is 22.7 Å². The molecule has 0 radical (unpaired) electrons. The van der Waals surface area contributed by atoms with Crippen molar-refractivity contribution in [1.29, 1.82) is 0 Å². The number of hydrogen-bond donors (Lipinski definition) is 1. The minimum Gasteiger partial charge on any atom is -0.484 e. The molecule has 0 unspecified atom stereocenters. The lowest BCUT2D eigenvalue weighted by molar-refractivity contribution is -0.137. The van der Waals surface area contributed by atoms with Crippen molar-refractivity contribution >= 4 is 5.91 Å². The lowest BCUT2D eigenvalue weighted by Gasteiger charge is -2.59. The van der Waals surface area contributed by atoms with Crippen LogP contribution in [0.25, 0.3) is 0 Å². The summed E-state index contributed by atoms with van der Waals surface area (Å²) in [5.41, 5.74) is -0.506. The number of carbonyl (C=O) groups is 1. The van der Waals surface area contributed by atoms with Crippen LogP contribution in [-0.2, 0) is 11.0 Å². The van der Waals surface area contributed by atoms with E-state index in [1.54, 1.807) is 0 Å². The highest BCUT2D eigenvalue weighted by molar-refractivity contribution is 5.77. The van der Waals surface area contributed by atoms with Crippen LogP contribution in [0.15, 0.2) is 24.3 Å². The quantitative estimate of drug-likeness (QED) is 0.795. The molecule has 0 heterocycles. The summed E-state index contributed by atoms with van der Waals surface area (Å²) < 4.78 is 43.1. The zero-order chi connectivity index (χ0) is 19.2. The van der Waals surface area contributed by atoms with Gasteiger partial charge in [-0.2, -0.15) is 13.2 Å². The summed E-state index contributed by atoms with van der Waals surface area (Å²) in [6, 6.07) is 4.53. The molecule has 3 nitrogen and oxygen atoms in total. The molecular formula is C21H26F3NO2. The lowest BCUT2D eigenvalue weighted by Crippen LogP contribution is -2.56. The number of ether oxygens (including phenoxy) is 1. The van der Waals surface area contributed by atoms with Crippen LogP contribution in [-0.4, -0.2) is 18.6 Å². The Morgan fingerprint density at radius 1 is 1.11 bits per heavy atom. The summed E-state index contributed by atoms with van der Waals surface area (Å²) in [4.78, 5) is 12.3. The monoisotopic (exact) mass is 381 g/mol. The first-order chi connectivity index (χ1) is 12.7. The van der Waals surface area contributed by atoms with E-state index in [0.29, 0.717) is 0 Å². The highest BCUT2D eigenvalue weighted by Gasteiger charge is 2.53. The van der Waals surface area contributed by atoms with Crippen molar-refractivity contribution in [3.8, 4) is 5.75 Å². The molecule has 4 aliphatic carbocycles. The Kier molecular flexibility index (Phi) is 4.63. The molecule has 1 aromatic rings. The first-order valence-corrected chi connectivity index (χ1v) is 9.83. The Bertz CT molecular complexity index is 663. The molecule has 6 heteroatoms. The van der Waals surface area contributed by atoms with Gasteiger partial charge in [-0.15, -0.1) is 0 Å². The Hall–Kier alpha value is -1.72. The van der Waals surface area contributed by atoms with Crippen LogP contribution in [0.2, 0.25) is 0 Å². The van der Waals surface area contributed by atoms with Crippen molar-refractivity contribution in [3.05, 3.63) is 29.8 Å². The molecule has 27 heavy (non-hydrogen) atoms. The highest BCUT2D eigenvalue weighted by Crippen LogP contribution is 2.61. The molecular weight excluding hydrogens is 355 g/mol. The summed E-state index contributed by atoms with van der Waals surface area (Å²) in [7, 11) is 0. The van der Waals surface area contributed by atoms with E-state index in [-0.39, 0.29) is 29.7 Å². The van der Waals surface area contributed by atoms with Crippen LogP contribution in [0.5, 0.6) is 5.75 Å². The van der Waals surface area contributed by atoms with Crippen molar-refractivity contribution in [2.75, 3.05) is 6.61 Å². The lowest BCUT2D eigenvalue weighted by atomic mass is 9.48. The number of carbonyl (C=O) groups excluding carboxylic acids is 1. The normalized spacial score (nSPS) is 33.0. The van der Waals surface area contributed by atoms with Crippen LogP contribution in [0.4, 0.5) is 13.2 Å². The molecule has 4 bridgehead atoms. The van der Waals surface area contributed by atoms with E-state index >= 15 is 0 Å². The van der Waals surface area contributed by atoms with Crippen LogP contribution in [0.1, 0.15) is 51.0 Å². The second-order valence-electron chi connectivity index (χ2n) is 8.88. The minimum atomic E-state index is -4.37. The maximum atomic E-state index is 12.6. The van der Waals surface area contributed by atoms with Crippen LogP contribution < -0.4 is 10.1 Å². The molecule has 0 spiro atoms. The number of alkyl halides is 3. The third kappa shape index (κ3) is 3.81. The molecule has 1 aromatic carbocycles. The van der Waals surface area contributed by atoms with Gasteiger partial charge in [0.15, 0.2) is 6.61 Å². The standard InChI is InChI=1S/C21H26F3NO2/c1-13(20-9-14-6-15(10-20)8-16(7-14)11-20)25-19(26)12-27-18-4-2-17(3-5-18)21(22,23)24/h2-5,13-16H,6-12H2,1H3,(H,25,26)/t13-,14?,15?,16?,20?/m1/s1. The van der Waals surface area contributed by atoms with E-state index in [0.717, 1.165) is 29.9 Å². The number of amides is 1. The van der Waals surface area contributed by atoms with Gasteiger partial charge in [-0.1, -0.05) is 0 Å². The Morgan fingerprint density at radius 2 is 1.63 bits per heavy atom. The molecule has 0 aliphatic heterocycles.